The lowest BCUT2D eigenvalue weighted by Crippen LogP contribution is -2.63. The summed E-state index contributed by atoms with van der Waals surface area (Å²) in [4.78, 5) is 30.8. The summed E-state index contributed by atoms with van der Waals surface area (Å²) in [5, 5.41) is 14.3. The van der Waals surface area contributed by atoms with Crippen molar-refractivity contribution in [2.75, 3.05) is 13.2 Å². The van der Waals surface area contributed by atoms with E-state index in [2.05, 4.69) is 10.0 Å². The average molecular weight is 487 g/mol. The Labute approximate surface area is 208 Å². The van der Waals surface area contributed by atoms with E-state index in [1.54, 1.807) is 60.7 Å². The van der Waals surface area contributed by atoms with Crippen molar-refractivity contribution in [1.82, 2.24) is 4.90 Å². The molecular weight excluding hydrogens is 460 g/mol. The second-order valence-electron chi connectivity index (χ2n) is 8.41. The molecule has 3 aromatic rings. The summed E-state index contributed by atoms with van der Waals surface area (Å²) in [5.41, 5.74) is 10.8. The molecule has 1 saturated heterocycles. The fourth-order valence-electron chi connectivity index (χ4n) is 4.34. The zero-order valence-electron chi connectivity index (χ0n) is 19.5. The molecule has 0 saturated carbocycles. The van der Waals surface area contributed by atoms with E-state index in [0.717, 1.165) is 5.56 Å². The molecule has 1 aliphatic rings. The largest absolute Gasteiger partial charge is 0.454 e. The Hall–Kier alpha value is -4.17. The number of esters is 2. The van der Waals surface area contributed by atoms with Crippen LogP contribution in [0.15, 0.2) is 96.1 Å². The lowest BCUT2D eigenvalue weighted by atomic mass is 9.91. The molecule has 1 unspecified atom stereocenters. The number of aliphatic hydroxyl groups is 1. The molecule has 9 heteroatoms. The van der Waals surface area contributed by atoms with Crippen LogP contribution in [0.3, 0.4) is 0 Å². The van der Waals surface area contributed by atoms with Crippen LogP contribution < -0.4 is 0 Å². The lowest BCUT2D eigenvalue weighted by Gasteiger charge is -2.46. The van der Waals surface area contributed by atoms with Crippen molar-refractivity contribution in [3.8, 4) is 0 Å². The smallest absolute Gasteiger partial charge is 0.338 e. The second kappa shape index (κ2) is 12.0. The highest BCUT2D eigenvalue weighted by Crippen LogP contribution is 2.29. The minimum absolute atomic E-state index is 0.191. The third-order valence-electron chi connectivity index (χ3n) is 6.09. The maximum absolute atomic E-state index is 13.0. The number of azide groups is 1. The lowest BCUT2D eigenvalue weighted by molar-refractivity contribution is -0.114. The molecule has 184 valence electrons. The van der Waals surface area contributed by atoms with Gasteiger partial charge in [0.1, 0.15) is 0 Å². The van der Waals surface area contributed by atoms with Crippen molar-refractivity contribution in [2.24, 2.45) is 5.11 Å². The first-order valence-corrected chi connectivity index (χ1v) is 11.6. The van der Waals surface area contributed by atoms with Crippen molar-refractivity contribution < 1.29 is 24.2 Å². The van der Waals surface area contributed by atoms with E-state index < -0.39 is 36.2 Å². The normalized spacial score (nSPS) is 21.7. The summed E-state index contributed by atoms with van der Waals surface area (Å²) < 4.78 is 11.7. The van der Waals surface area contributed by atoms with Gasteiger partial charge in [0.15, 0.2) is 12.2 Å². The molecule has 4 atom stereocenters. The molecule has 4 rings (SSSR count). The summed E-state index contributed by atoms with van der Waals surface area (Å²) in [6.07, 6.45) is -2.20. The summed E-state index contributed by atoms with van der Waals surface area (Å²) in [7, 11) is 0. The van der Waals surface area contributed by atoms with E-state index in [4.69, 9.17) is 9.47 Å². The van der Waals surface area contributed by atoms with Gasteiger partial charge < -0.3 is 14.6 Å². The molecule has 0 amide bonds. The number of rotatable bonds is 8. The number of nitrogens with zero attached hydrogens (tertiary/aromatic N) is 4. The molecule has 0 radical (unpaired) electrons. The van der Waals surface area contributed by atoms with Gasteiger partial charge in [-0.15, -0.1) is 0 Å². The Bertz CT molecular complexity index is 1200. The van der Waals surface area contributed by atoms with Gasteiger partial charge in [0.05, 0.1) is 29.8 Å². The van der Waals surface area contributed by atoms with Crippen LogP contribution in [0.2, 0.25) is 0 Å². The van der Waals surface area contributed by atoms with Gasteiger partial charge in [0.2, 0.25) is 0 Å². The summed E-state index contributed by atoms with van der Waals surface area (Å²) in [6.45, 7) is 0.223. The van der Waals surface area contributed by atoms with Crippen LogP contribution in [-0.2, 0) is 16.0 Å². The molecule has 3 aromatic carbocycles. The first-order chi connectivity index (χ1) is 17.6. The van der Waals surface area contributed by atoms with E-state index in [1.165, 1.54) is 0 Å². The number of benzene rings is 3. The van der Waals surface area contributed by atoms with Crippen LogP contribution in [0.4, 0.5) is 0 Å². The fraction of sp³-hybridized carbons (Fsp3) is 0.259. The van der Waals surface area contributed by atoms with E-state index in [1.807, 2.05) is 35.2 Å². The Morgan fingerprint density at radius 3 is 1.86 bits per heavy atom. The molecule has 0 bridgehead atoms. The molecule has 1 aliphatic heterocycles. The third kappa shape index (κ3) is 5.90. The number of aliphatic hydroxyl groups excluding tert-OH is 1. The van der Waals surface area contributed by atoms with Crippen molar-refractivity contribution in [2.45, 2.75) is 30.8 Å². The third-order valence-corrected chi connectivity index (χ3v) is 6.09. The van der Waals surface area contributed by atoms with Crippen LogP contribution >= 0.6 is 0 Å². The van der Waals surface area contributed by atoms with Gasteiger partial charge in [-0.3, -0.25) is 4.90 Å². The zero-order chi connectivity index (χ0) is 25.3. The molecule has 1 fully saturated rings. The van der Waals surface area contributed by atoms with Crippen molar-refractivity contribution in [1.29, 1.82) is 0 Å². The van der Waals surface area contributed by atoms with E-state index in [-0.39, 0.29) is 13.2 Å². The minimum atomic E-state index is -1.11. The van der Waals surface area contributed by atoms with Gasteiger partial charge in [-0.05, 0) is 35.4 Å². The monoisotopic (exact) mass is 486 g/mol. The predicted molar refractivity (Wildman–Crippen MR) is 132 cm³/mol. The number of likely N-dealkylation sites (tertiary alicyclic amines) is 1. The number of carbonyl (C=O) groups excluding carboxylic acids is 2. The SMILES string of the molecule is [N-]=[N+]=NC1CN(Cc2ccccc2)[C@H](CO)[C@@H](OC(=O)c2ccccc2)[C@@H]1OC(=O)c1ccccc1. The standard InChI is InChI=1S/C27H26N4O5/c28-30-29-22-17-31(16-19-10-4-1-5-11-19)23(18-32)25(36-27(34)21-14-8-3-9-15-21)24(22)35-26(33)20-12-6-2-7-13-20/h1-15,22-25,32H,16-18H2/t22?,23-,24-,25-/m1/s1. The molecule has 36 heavy (non-hydrogen) atoms. The predicted octanol–water partition coefficient (Wildman–Crippen LogP) is 3.99. The molecule has 0 spiro atoms. The molecule has 0 aromatic heterocycles. The number of piperidine rings is 1. The molecule has 9 nitrogen and oxygen atoms in total. The van der Waals surface area contributed by atoms with Gasteiger partial charge >= 0.3 is 11.9 Å². The highest BCUT2D eigenvalue weighted by Gasteiger charge is 2.48. The topological polar surface area (TPSA) is 125 Å². The second-order valence-corrected chi connectivity index (χ2v) is 8.41. The Kier molecular flexibility index (Phi) is 8.31. The van der Waals surface area contributed by atoms with Gasteiger partial charge in [-0.1, -0.05) is 71.8 Å². The van der Waals surface area contributed by atoms with Gasteiger partial charge in [0.25, 0.3) is 0 Å². The van der Waals surface area contributed by atoms with Crippen LogP contribution in [0.5, 0.6) is 0 Å². The summed E-state index contributed by atoms with van der Waals surface area (Å²) >= 11 is 0. The minimum Gasteiger partial charge on any atom is -0.454 e. The molecule has 0 aliphatic carbocycles. The maximum Gasteiger partial charge on any atom is 0.338 e. The zero-order valence-corrected chi connectivity index (χ0v) is 19.5. The maximum atomic E-state index is 13.0. The van der Waals surface area contributed by atoms with Gasteiger partial charge in [0, 0.05) is 18.0 Å². The number of hydrogen-bond donors (Lipinski definition) is 1. The highest BCUT2D eigenvalue weighted by atomic mass is 16.6. The quantitative estimate of drug-likeness (QED) is 0.222. The summed E-state index contributed by atoms with van der Waals surface area (Å²) in [6, 6.07) is 24.8. The van der Waals surface area contributed by atoms with E-state index in [0.29, 0.717) is 17.7 Å². The van der Waals surface area contributed by atoms with E-state index >= 15 is 0 Å². The van der Waals surface area contributed by atoms with Crippen molar-refractivity contribution >= 4 is 11.9 Å². The van der Waals surface area contributed by atoms with Crippen LogP contribution in [0, 0.1) is 0 Å². The van der Waals surface area contributed by atoms with Gasteiger partial charge in [-0.2, -0.15) is 0 Å². The number of hydrogen-bond acceptors (Lipinski definition) is 7. The van der Waals surface area contributed by atoms with Crippen molar-refractivity contribution in [3.05, 3.63) is 118 Å². The number of carbonyl (C=O) groups is 2. The van der Waals surface area contributed by atoms with Gasteiger partial charge in [-0.25, -0.2) is 9.59 Å². The summed E-state index contributed by atoms with van der Waals surface area (Å²) in [5.74, 6) is -1.28. The van der Waals surface area contributed by atoms with E-state index in [9.17, 15) is 20.2 Å². The van der Waals surface area contributed by atoms with Crippen molar-refractivity contribution in [3.63, 3.8) is 0 Å². The van der Waals surface area contributed by atoms with Crippen LogP contribution in [0.1, 0.15) is 26.3 Å². The molecule has 1 N–H and O–H groups in total. The Morgan fingerprint density at radius 1 is 0.861 bits per heavy atom. The highest BCUT2D eigenvalue weighted by molar-refractivity contribution is 5.90. The average Bonchev–Trinajstić information content (AvgIpc) is 2.92. The number of ether oxygens (including phenoxy) is 2. The fourth-order valence-corrected chi connectivity index (χ4v) is 4.34. The Balaban J connectivity index is 1.68. The first kappa shape index (κ1) is 24.9. The Morgan fingerprint density at radius 2 is 1.36 bits per heavy atom. The van der Waals surface area contributed by atoms with Crippen LogP contribution in [-0.4, -0.2) is 59.4 Å². The van der Waals surface area contributed by atoms with Crippen LogP contribution in [0.25, 0.3) is 10.4 Å². The molecular formula is C27H26N4O5. The first-order valence-electron chi connectivity index (χ1n) is 11.6. The molecule has 1 heterocycles.